The molecule has 1 aromatic carbocycles. The number of nitrogens with one attached hydrogen (secondary N) is 2. The van der Waals surface area contributed by atoms with Gasteiger partial charge in [0.1, 0.15) is 12.1 Å². The molecule has 3 atom stereocenters. The van der Waals surface area contributed by atoms with Crippen LogP contribution in [0.25, 0.3) is 11.1 Å². The summed E-state index contributed by atoms with van der Waals surface area (Å²) < 4.78 is 75.9. The third-order valence-electron chi connectivity index (χ3n) is 7.01. The summed E-state index contributed by atoms with van der Waals surface area (Å²) in [5, 5.41) is 17.0. The molecule has 4 rings (SSSR count). The van der Waals surface area contributed by atoms with Crippen LogP contribution in [0.1, 0.15) is 31.2 Å². The summed E-state index contributed by atoms with van der Waals surface area (Å²) in [4.78, 5) is 23.5. The number of hydrogen-bond donors (Lipinski definition) is 2. The van der Waals surface area contributed by atoms with Gasteiger partial charge in [-0.15, -0.1) is 0 Å². The Morgan fingerprint density at radius 3 is 2.55 bits per heavy atom. The molecule has 2 N–H and O–H groups in total. The quantitative estimate of drug-likeness (QED) is 0.509. The van der Waals surface area contributed by atoms with Crippen LogP contribution in [0.15, 0.2) is 35.5 Å². The number of aromatic nitrogens is 2. The number of carbonyl (C=O) groups excluding carboxylic acids is 2. The van der Waals surface area contributed by atoms with E-state index in [1.165, 1.54) is 37.3 Å². The van der Waals surface area contributed by atoms with Crippen molar-refractivity contribution >= 4 is 21.7 Å². The van der Waals surface area contributed by atoms with Crippen LogP contribution in [0.4, 0.5) is 13.2 Å². The number of amides is 2. The molecule has 0 spiro atoms. The Hall–Kier alpha value is -3.44. The van der Waals surface area contributed by atoms with Crippen molar-refractivity contribution in [3.63, 3.8) is 0 Å². The normalized spacial score (nSPS) is 22.5. The van der Waals surface area contributed by atoms with Gasteiger partial charge >= 0.3 is 6.18 Å². The third-order valence-corrected chi connectivity index (χ3v) is 9.24. The highest BCUT2D eigenvalue weighted by atomic mass is 32.2. The highest BCUT2D eigenvalue weighted by Crippen LogP contribution is 2.43. The molecule has 1 aromatic heterocycles. The van der Waals surface area contributed by atoms with Gasteiger partial charge in [0.05, 0.1) is 40.0 Å². The highest BCUT2D eigenvalue weighted by molar-refractivity contribution is 7.92. The van der Waals surface area contributed by atoms with E-state index in [0.29, 0.717) is 12.8 Å². The zero-order chi connectivity index (χ0) is 27.9. The molecule has 0 bridgehead atoms. The Morgan fingerprint density at radius 1 is 1.26 bits per heavy atom. The van der Waals surface area contributed by atoms with Crippen LogP contribution in [-0.4, -0.2) is 61.1 Å². The summed E-state index contributed by atoms with van der Waals surface area (Å²) in [5.41, 5.74) is -1.96. The summed E-state index contributed by atoms with van der Waals surface area (Å²) >= 11 is 0. The molecule has 0 saturated heterocycles. The van der Waals surface area contributed by atoms with E-state index in [1.54, 1.807) is 0 Å². The lowest BCUT2D eigenvalue weighted by Gasteiger charge is -2.19. The third kappa shape index (κ3) is 5.39. The minimum Gasteiger partial charge on any atom is -0.381 e. The van der Waals surface area contributed by atoms with Crippen molar-refractivity contribution in [1.29, 1.82) is 5.26 Å². The van der Waals surface area contributed by atoms with Crippen molar-refractivity contribution in [3.8, 4) is 17.2 Å². The van der Waals surface area contributed by atoms with Gasteiger partial charge in [-0.25, -0.2) is 8.42 Å². The summed E-state index contributed by atoms with van der Waals surface area (Å²) in [6.45, 7) is -0.137. The number of rotatable bonds is 8. The van der Waals surface area contributed by atoms with Crippen molar-refractivity contribution < 1.29 is 35.9 Å². The molecular weight excluding hydrogens is 527 g/mol. The first-order chi connectivity index (χ1) is 17.8. The van der Waals surface area contributed by atoms with Crippen LogP contribution in [0.2, 0.25) is 0 Å². The first-order valence-corrected chi connectivity index (χ1v) is 13.3. The molecule has 2 aliphatic carbocycles. The highest BCUT2D eigenvalue weighted by Gasteiger charge is 2.51. The standard InChI is InChI=1S/C24H26F3N5O5S/c1-29-21(33)12-32-11-15(10-30-32)14-3-4-20(18(7-14)24(25,26)27)38(35,36)16-8-17(19(9-16)37-2)22(34)31-23(13-28)5-6-23/h3-4,7,10-11,16-17,19H,5-6,8-9,12H2,1-2H3,(H,29,33)(H,31,34)/t16-,17-,19-/m0/s1. The topological polar surface area (TPSA) is 143 Å². The Bertz CT molecular complexity index is 1390. The van der Waals surface area contributed by atoms with Gasteiger partial charge in [-0.2, -0.15) is 23.5 Å². The maximum absolute atomic E-state index is 14.1. The molecule has 0 radical (unpaired) electrons. The lowest BCUT2D eigenvalue weighted by molar-refractivity contribution is -0.139. The molecule has 10 nitrogen and oxygen atoms in total. The van der Waals surface area contributed by atoms with Crippen molar-refractivity contribution in [2.75, 3.05) is 14.2 Å². The van der Waals surface area contributed by atoms with E-state index >= 15 is 0 Å². The Labute approximate surface area is 217 Å². The maximum Gasteiger partial charge on any atom is 0.417 e. The largest absolute Gasteiger partial charge is 0.417 e. The molecule has 2 aliphatic rings. The van der Waals surface area contributed by atoms with Gasteiger partial charge in [0, 0.05) is 25.9 Å². The van der Waals surface area contributed by atoms with E-state index in [-0.39, 0.29) is 36.4 Å². The molecule has 14 heteroatoms. The molecule has 2 fully saturated rings. The summed E-state index contributed by atoms with van der Waals surface area (Å²) in [5.74, 6) is -1.82. The number of likely N-dealkylation sites (N-methyl/N-ethyl adjacent to an activating group) is 1. The predicted octanol–water partition coefficient (Wildman–Crippen LogP) is 2.05. The fourth-order valence-corrected chi connectivity index (χ4v) is 6.65. The Kier molecular flexibility index (Phi) is 7.28. The second-order valence-electron chi connectivity index (χ2n) is 9.51. The van der Waals surface area contributed by atoms with E-state index in [9.17, 15) is 36.4 Å². The zero-order valence-electron chi connectivity index (χ0n) is 20.6. The molecule has 2 aromatic rings. The number of sulfone groups is 1. The molecule has 2 saturated carbocycles. The average Bonchev–Trinajstić information content (AvgIpc) is 3.27. The van der Waals surface area contributed by atoms with E-state index in [4.69, 9.17) is 4.74 Å². The minimum atomic E-state index is -4.99. The SMILES string of the molecule is CNC(=O)Cn1cc(-c2ccc(S(=O)(=O)[C@@H]3C[C@H](OC)[C@@H](C(=O)NC4(C#N)CC4)C3)c(C(F)(F)F)c2)cn1. The van der Waals surface area contributed by atoms with Crippen molar-refractivity contribution in [1.82, 2.24) is 20.4 Å². The number of nitrogens with zero attached hydrogens (tertiary/aromatic N) is 3. The molecule has 0 unspecified atom stereocenters. The van der Waals surface area contributed by atoms with Crippen LogP contribution in [0.5, 0.6) is 0 Å². The molecule has 1 heterocycles. The second kappa shape index (κ2) is 10.0. The van der Waals surface area contributed by atoms with Gasteiger partial charge < -0.3 is 15.4 Å². The Balaban J connectivity index is 1.63. The van der Waals surface area contributed by atoms with Gasteiger partial charge in [0.15, 0.2) is 9.84 Å². The average molecular weight is 554 g/mol. The number of halogens is 3. The van der Waals surface area contributed by atoms with Crippen LogP contribution in [0, 0.1) is 17.2 Å². The number of hydrogen-bond acceptors (Lipinski definition) is 7. The van der Waals surface area contributed by atoms with Crippen LogP contribution >= 0.6 is 0 Å². The van der Waals surface area contributed by atoms with E-state index in [2.05, 4.69) is 15.7 Å². The predicted molar refractivity (Wildman–Crippen MR) is 127 cm³/mol. The first kappa shape index (κ1) is 27.6. The van der Waals surface area contributed by atoms with Gasteiger partial charge in [0.2, 0.25) is 11.8 Å². The molecule has 38 heavy (non-hydrogen) atoms. The van der Waals surface area contributed by atoms with Crippen LogP contribution in [0.3, 0.4) is 0 Å². The lowest BCUT2D eigenvalue weighted by Crippen LogP contribution is -2.42. The summed E-state index contributed by atoms with van der Waals surface area (Å²) in [6.07, 6.45) is -2.59. The number of methoxy groups -OCH3 is 1. The number of ether oxygens (including phenoxy) is 1. The zero-order valence-corrected chi connectivity index (χ0v) is 21.4. The van der Waals surface area contributed by atoms with Crippen LogP contribution in [-0.2, 0) is 36.9 Å². The summed E-state index contributed by atoms with van der Waals surface area (Å²) in [6, 6.07) is 4.92. The van der Waals surface area contributed by atoms with Crippen molar-refractivity contribution in [3.05, 3.63) is 36.2 Å². The minimum absolute atomic E-state index is 0.0733. The van der Waals surface area contributed by atoms with Gasteiger partial charge in [-0.3, -0.25) is 14.3 Å². The molecule has 0 aliphatic heterocycles. The van der Waals surface area contributed by atoms with E-state index in [1.807, 2.05) is 6.07 Å². The first-order valence-electron chi connectivity index (χ1n) is 11.8. The monoisotopic (exact) mass is 553 g/mol. The molecule has 2 amide bonds. The molecular formula is C24H26F3N5O5S. The number of nitriles is 1. The van der Waals surface area contributed by atoms with Gasteiger partial charge in [0.25, 0.3) is 0 Å². The second-order valence-corrected chi connectivity index (χ2v) is 11.7. The maximum atomic E-state index is 14.1. The van der Waals surface area contributed by atoms with E-state index in [0.717, 1.165) is 12.1 Å². The number of alkyl halides is 3. The number of carbonyl (C=O) groups is 2. The fourth-order valence-electron chi connectivity index (χ4n) is 4.65. The van der Waals surface area contributed by atoms with Gasteiger partial charge in [-0.05, 0) is 43.4 Å². The van der Waals surface area contributed by atoms with Crippen LogP contribution < -0.4 is 10.6 Å². The van der Waals surface area contributed by atoms with Crippen molar-refractivity contribution in [2.45, 2.75) is 60.2 Å². The van der Waals surface area contributed by atoms with Crippen molar-refractivity contribution in [2.24, 2.45) is 5.92 Å². The lowest BCUT2D eigenvalue weighted by atomic mass is 10.0. The Morgan fingerprint density at radius 2 is 1.97 bits per heavy atom. The molecule has 204 valence electrons. The van der Waals surface area contributed by atoms with Gasteiger partial charge in [-0.1, -0.05) is 6.07 Å². The fraction of sp³-hybridized carbons (Fsp3) is 0.500. The van der Waals surface area contributed by atoms with E-state index < -0.39 is 55.2 Å². The smallest absolute Gasteiger partial charge is 0.381 e. The summed E-state index contributed by atoms with van der Waals surface area (Å²) in [7, 11) is -1.79. The number of benzene rings is 1.